The van der Waals surface area contributed by atoms with Gasteiger partial charge in [-0.3, -0.25) is 29.6 Å². The number of carbonyl (C=O) groups is 2. The third-order valence-corrected chi connectivity index (χ3v) is 10.3. The lowest BCUT2D eigenvalue weighted by molar-refractivity contribution is -0.385. The first-order valence-electron chi connectivity index (χ1n) is 18.2. The highest BCUT2D eigenvalue weighted by Crippen LogP contribution is 2.40. The zero-order valence-corrected chi connectivity index (χ0v) is 33.2. The number of benzene rings is 5. The molecule has 0 radical (unpaired) electrons. The number of nitro groups is 1. The molecule has 2 amide bonds. The van der Waals surface area contributed by atoms with Gasteiger partial charge in [0.15, 0.2) is 23.0 Å². The number of non-ortho nitro benzene ring substituents is 1. The van der Waals surface area contributed by atoms with E-state index >= 15 is 0 Å². The predicted octanol–water partition coefficient (Wildman–Crippen LogP) is 7.47. The Balaban J connectivity index is 1.09. The fourth-order valence-electron chi connectivity index (χ4n) is 7.34. The monoisotopic (exact) mass is 787 g/mol. The van der Waals surface area contributed by atoms with E-state index in [0.29, 0.717) is 63.9 Å². The van der Waals surface area contributed by atoms with Crippen LogP contribution in [0.1, 0.15) is 43.0 Å². The number of fused-ring (bicyclic) bond motifs is 2. The number of aliphatic imine (C=N–C) groups is 1. The van der Waals surface area contributed by atoms with Crippen LogP contribution in [-0.2, 0) is 26.1 Å². The average Bonchev–Trinajstić information content (AvgIpc) is 3.83. The Hall–Kier alpha value is -6.46. The fourth-order valence-corrected chi connectivity index (χ4v) is 7.55. The van der Waals surface area contributed by atoms with Crippen LogP contribution in [0.25, 0.3) is 0 Å². The van der Waals surface area contributed by atoms with Gasteiger partial charge in [-0.25, -0.2) is 0 Å². The van der Waals surface area contributed by atoms with Gasteiger partial charge in [-0.1, -0.05) is 36.4 Å². The van der Waals surface area contributed by atoms with Crippen LogP contribution in [0.15, 0.2) is 102 Å². The molecule has 0 bridgehead atoms. The number of amides is 2. The summed E-state index contributed by atoms with van der Waals surface area (Å²) in [6.07, 6.45) is 3.21. The minimum Gasteiger partial charge on any atom is -0.493 e. The van der Waals surface area contributed by atoms with E-state index in [9.17, 15) is 19.7 Å². The molecule has 0 N–H and O–H groups in total. The standard InChI is InChI=1S/C43H42N5O8P/c1-44-24-33-20-30-10-6-8-12-36(30)47(33)42(49)31-13-14-38(39(21-31)53-3)55-25-27-17-28(19-32(18-27)48(51)52)26-56-41-23-37(45(2)57)34(22-40(41)54-4)43(50)46-16-15-29-9-5-7-11-35(29)46/h5-14,17-19,21-24,33H,15-16,20,25-26,57H2,1-4H3/b44-24-. The Morgan fingerprint density at radius 2 is 1.49 bits per heavy atom. The topological polar surface area (TPSA) is 136 Å². The van der Waals surface area contributed by atoms with Crippen molar-refractivity contribution >= 4 is 50.2 Å². The summed E-state index contributed by atoms with van der Waals surface area (Å²) in [4.78, 5) is 47.0. The largest absolute Gasteiger partial charge is 0.493 e. The normalized spacial score (nSPS) is 14.3. The van der Waals surface area contributed by atoms with Gasteiger partial charge in [0.25, 0.3) is 17.5 Å². The summed E-state index contributed by atoms with van der Waals surface area (Å²) in [5.41, 5.74) is 6.24. The number of nitrogens with zero attached hydrogens (tertiary/aromatic N) is 5. The Labute approximate surface area is 332 Å². The maximum absolute atomic E-state index is 13.9. The maximum atomic E-state index is 13.9. The zero-order valence-electron chi connectivity index (χ0n) is 32.0. The van der Waals surface area contributed by atoms with Crippen LogP contribution in [0, 0.1) is 10.1 Å². The molecule has 2 aliphatic heterocycles. The van der Waals surface area contributed by atoms with Crippen LogP contribution >= 0.6 is 9.39 Å². The summed E-state index contributed by atoms with van der Waals surface area (Å²) in [5.74, 6) is 1.02. The second-order valence-corrected chi connectivity index (χ2v) is 14.4. The first-order chi connectivity index (χ1) is 27.6. The minimum atomic E-state index is -0.472. The molecule has 0 saturated heterocycles. The highest BCUT2D eigenvalue weighted by atomic mass is 31.0. The van der Waals surface area contributed by atoms with E-state index in [-0.39, 0.29) is 36.8 Å². The van der Waals surface area contributed by atoms with Crippen molar-refractivity contribution in [2.45, 2.75) is 32.1 Å². The number of para-hydroxylation sites is 2. The molecule has 2 aliphatic rings. The summed E-state index contributed by atoms with van der Waals surface area (Å²) in [6, 6.07) is 28.4. The summed E-state index contributed by atoms with van der Waals surface area (Å²) in [6.45, 7) is 0.495. The number of nitro benzene ring substituents is 1. The number of hydrogen-bond acceptors (Lipinski definition) is 10. The van der Waals surface area contributed by atoms with E-state index in [1.807, 2.05) is 55.6 Å². The van der Waals surface area contributed by atoms with E-state index in [2.05, 4.69) is 14.4 Å². The Morgan fingerprint density at radius 1 is 0.842 bits per heavy atom. The lowest BCUT2D eigenvalue weighted by atomic mass is 10.1. The van der Waals surface area contributed by atoms with Crippen molar-refractivity contribution < 1.29 is 33.5 Å². The Kier molecular flexibility index (Phi) is 11.4. The van der Waals surface area contributed by atoms with E-state index in [4.69, 9.17) is 18.9 Å². The summed E-state index contributed by atoms with van der Waals surface area (Å²) in [5, 5.41) is 12.0. The summed E-state index contributed by atoms with van der Waals surface area (Å²) >= 11 is 0. The molecule has 7 rings (SSSR count). The van der Waals surface area contributed by atoms with Gasteiger partial charge in [-0.05, 0) is 80.5 Å². The first-order valence-corrected chi connectivity index (χ1v) is 18.8. The molecule has 0 fully saturated rings. The van der Waals surface area contributed by atoms with Crippen molar-refractivity contribution in [3.63, 3.8) is 0 Å². The van der Waals surface area contributed by atoms with Gasteiger partial charge >= 0.3 is 0 Å². The van der Waals surface area contributed by atoms with Crippen molar-refractivity contribution in [3.8, 4) is 23.0 Å². The molecule has 13 nitrogen and oxygen atoms in total. The third-order valence-electron chi connectivity index (χ3n) is 10.0. The number of anilines is 3. The van der Waals surface area contributed by atoms with Crippen molar-refractivity contribution in [2.24, 2.45) is 4.99 Å². The second kappa shape index (κ2) is 16.7. The average molecular weight is 788 g/mol. The Bertz CT molecular complexity index is 2380. The van der Waals surface area contributed by atoms with Gasteiger partial charge in [-0.15, -0.1) is 0 Å². The van der Waals surface area contributed by atoms with Gasteiger partial charge in [0.2, 0.25) is 0 Å². The SMILES string of the molecule is C/N=C\C1Cc2ccccc2N1C(=O)c1ccc(OCc2cc(COc3cc(N(C)P)c(C(=O)N4CCc5ccccc54)cc3OC)cc([N+](=O)[O-])c2)c(OC)c1. The first kappa shape index (κ1) is 38.8. The molecular formula is C43H42N5O8P. The van der Waals surface area contributed by atoms with Crippen molar-refractivity contribution in [3.05, 3.63) is 141 Å². The molecule has 2 atom stereocenters. The molecule has 0 saturated carbocycles. The predicted molar refractivity (Wildman–Crippen MR) is 223 cm³/mol. The molecule has 5 aromatic carbocycles. The Morgan fingerprint density at radius 3 is 2.16 bits per heavy atom. The van der Waals surface area contributed by atoms with Crippen LogP contribution in [0.5, 0.6) is 23.0 Å². The van der Waals surface area contributed by atoms with Crippen molar-refractivity contribution in [2.75, 3.05) is 49.3 Å². The molecule has 0 aromatic heterocycles. The van der Waals surface area contributed by atoms with Gasteiger partial charge in [-0.2, -0.15) is 0 Å². The summed E-state index contributed by atoms with van der Waals surface area (Å²) < 4.78 is 25.4. The molecule has 0 spiro atoms. The highest BCUT2D eigenvalue weighted by Gasteiger charge is 2.34. The molecule has 2 unspecified atom stereocenters. The van der Waals surface area contributed by atoms with Crippen LogP contribution in [0.2, 0.25) is 0 Å². The van der Waals surface area contributed by atoms with Crippen LogP contribution in [0.3, 0.4) is 0 Å². The number of rotatable bonds is 13. The number of hydrogen-bond donors (Lipinski definition) is 0. The molecule has 0 aliphatic carbocycles. The lowest BCUT2D eigenvalue weighted by Crippen LogP contribution is -2.38. The van der Waals surface area contributed by atoms with Gasteiger partial charge in [0, 0.05) is 68.4 Å². The number of methoxy groups -OCH3 is 2. The minimum absolute atomic E-state index is 0.0331. The third kappa shape index (κ3) is 7.97. The smallest absolute Gasteiger partial charge is 0.270 e. The molecular weight excluding hydrogens is 745 g/mol. The second-order valence-electron chi connectivity index (χ2n) is 13.7. The summed E-state index contributed by atoms with van der Waals surface area (Å²) in [7, 11) is 9.05. The molecule has 57 heavy (non-hydrogen) atoms. The quantitative estimate of drug-likeness (QED) is 0.0515. The van der Waals surface area contributed by atoms with Crippen LogP contribution < -0.4 is 33.4 Å². The molecule has 5 aromatic rings. The fraction of sp³-hybridized carbons (Fsp3) is 0.233. The van der Waals surface area contributed by atoms with E-state index in [1.165, 1.54) is 26.4 Å². The van der Waals surface area contributed by atoms with E-state index in [0.717, 1.165) is 28.9 Å². The number of ether oxygens (including phenoxy) is 4. The highest BCUT2D eigenvalue weighted by molar-refractivity contribution is 7.19. The van der Waals surface area contributed by atoms with E-state index < -0.39 is 4.92 Å². The van der Waals surface area contributed by atoms with Gasteiger partial charge in [0.1, 0.15) is 13.2 Å². The van der Waals surface area contributed by atoms with Gasteiger partial charge < -0.3 is 28.5 Å². The van der Waals surface area contributed by atoms with Crippen LogP contribution in [-0.4, -0.2) is 63.9 Å². The van der Waals surface area contributed by atoms with E-state index in [1.54, 1.807) is 64.1 Å². The maximum Gasteiger partial charge on any atom is 0.270 e. The van der Waals surface area contributed by atoms with Gasteiger partial charge in [0.05, 0.1) is 36.4 Å². The zero-order chi connectivity index (χ0) is 40.2. The molecule has 292 valence electrons. The molecule has 2 heterocycles. The lowest BCUT2D eigenvalue weighted by Gasteiger charge is -2.24. The molecule has 14 heteroatoms. The number of carbonyl (C=O) groups excluding carboxylic acids is 2. The van der Waals surface area contributed by atoms with Crippen LogP contribution in [0.4, 0.5) is 22.7 Å². The van der Waals surface area contributed by atoms with Crippen molar-refractivity contribution in [1.82, 2.24) is 0 Å². The van der Waals surface area contributed by atoms with Crippen molar-refractivity contribution in [1.29, 1.82) is 0 Å².